The average molecular weight is 415 g/mol. The van der Waals surface area contributed by atoms with E-state index in [4.69, 9.17) is 9.84 Å². The Labute approximate surface area is 180 Å². The number of fused-ring (bicyclic) bond motifs is 2. The second kappa shape index (κ2) is 8.45. The minimum atomic E-state index is -0.275. The van der Waals surface area contributed by atoms with Crippen molar-refractivity contribution in [1.82, 2.24) is 4.98 Å². The zero-order chi connectivity index (χ0) is 21.1. The van der Waals surface area contributed by atoms with Crippen LogP contribution in [0.5, 0.6) is 0 Å². The Morgan fingerprint density at radius 2 is 1.80 bits per heavy atom. The van der Waals surface area contributed by atoms with Crippen molar-refractivity contribution >= 4 is 33.3 Å². The summed E-state index contributed by atoms with van der Waals surface area (Å²) in [6, 6.07) is 20.5. The Kier molecular flexibility index (Phi) is 5.74. The van der Waals surface area contributed by atoms with Crippen LogP contribution in [0.25, 0.3) is 32.7 Å². The van der Waals surface area contributed by atoms with Crippen LogP contribution < -0.4 is 0 Å². The van der Waals surface area contributed by atoms with Gasteiger partial charge in [-0.1, -0.05) is 36.4 Å². The predicted octanol–water partition coefficient (Wildman–Crippen LogP) is 5.76. The normalized spacial score (nSPS) is 11.7. The van der Waals surface area contributed by atoms with E-state index in [-0.39, 0.29) is 11.5 Å². The highest BCUT2D eigenvalue weighted by molar-refractivity contribution is 8.00. The quantitative estimate of drug-likeness (QED) is 0.321. The van der Waals surface area contributed by atoms with Gasteiger partial charge in [0.25, 0.3) is 0 Å². The molecule has 0 saturated heterocycles. The highest BCUT2D eigenvalue weighted by atomic mass is 32.2. The average Bonchev–Trinajstić information content (AvgIpc) is 2.76. The molecule has 0 aliphatic rings. The van der Waals surface area contributed by atoms with Crippen molar-refractivity contribution in [2.45, 2.75) is 23.5 Å². The van der Waals surface area contributed by atoms with Crippen LogP contribution in [0.2, 0.25) is 0 Å². The monoisotopic (exact) mass is 414 g/mol. The molecule has 1 heterocycles. The molecule has 0 bridgehead atoms. The van der Waals surface area contributed by atoms with Crippen molar-refractivity contribution in [2.24, 2.45) is 0 Å². The van der Waals surface area contributed by atoms with Gasteiger partial charge in [-0.2, -0.15) is 5.26 Å². The Balaban J connectivity index is 1.85. The summed E-state index contributed by atoms with van der Waals surface area (Å²) in [5.74, 6) is 0. The first-order valence-corrected chi connectivity index (χ1v) is 10.5. The lowest BCUT2D eigenvalue weighted by molar-refractivity contribution is -0.00802. The summed E-state index contributed by atoms with van der Waals surface area (Å²) in [6.45, 7) is 4.37. The van der Waals surface area contributed by atoms with Crippen molar-refractivity contribution in [3.8, 4) is 17.2 Å². The SMILES string of the molecule is CC(C)(COCO)Sc1ccc2cncc(-c3ccc(C#N)c4ccccc34)c2c1. The summed E-state index contributed by atoms with van der Waals surface area (Å²) in [7, 11) is 0. The van der Waals surface area contributed by atoms with E-state index in [0.29, 0.717) is 12.2 Å². The van der Waals surface area contributed by atoms with Gasteiger partial charge in [-0.3, -0.25) is 4.98 Å². The molecule has 0 amide bonds. The number of nitriles is 1. The first kappa shape index (κ1) is 20.4. The maximum Gasteiger partial charge on any atom is 0.143 e. The molecule has 0 fully saturated rings. The zero-order valence-electron chi connectivity index (χ0n) is 16.9. The number of pyridine rings is 1. The number of ether oxygens (including phenoxy) is 1. The second-order valence-electron chi connectivity index (χ2n) is 7.73. The van der Waals surface area contributed by atoms with Crippen molar-refractivity contribution in [3.05, 3.63) is 72.6 Å². The number of benzene rings is 3. The summed E-state index contributed by atoms with van der Waals surface area (Å²) in [5.41, 5.74) is 2.78. The maximum absolute atomic E-state index is 9.48. The Bertz CT molecular complexity index is 1260. The highest BCUT2D eigenvalue weighted by Gasteiger charge is 2.20. The van der Waals surface area contributed by atoms with Crippen LogP contribution in [-0.4, -0.2) is 28.2 Å². The fourth-order valence-corrected chi connectivity index (χ4v) is 4.79. The molecule has 4 aromatic rings. The molecule has 0 spiro atoms. The molecule has 30 heavy (non-hydrogen) atoms. The lowest BCUT2D eigenvalue weighted by Crippen LogP contribution is -2.22. The van der Waals surface area contributed by atoms with E-state index in [1.165, 1.54) is 0 Å². The van der Waals surface area contributed by atoms with Crippen LogP contribution in [-0.2, 0) is 4.74 Å². The molecule has 1 aromatic heterocycles. The van der Waals surface area contributed by atoms with Crippen LogP contribution in [0.4, 0.5) is 0 Å². The van der Waals surface area contributed by atoms with Gasteiger partial charge in [0.15, 0.2) is 0 Å². The van der Waals surface area contributed by atoms with E-state index < -0.39 is 0 Å². The van der Waals surface area contributed by atoms with Gasteiger partial charge in [0.1, 0.15) is 6.79 Å². The molecule has 4 rings (SSSR count). The summed E-state index contributed by atoms with van der Waals surface area (Å²) < 4.78 is 5.04. The molecule has 0 aliphatic heterocycles. The largest absolute Gasteiger partial charge is 0.371 e. The number of aromatic nitrogens is 1. The van der Waals surface area contributed by atoms with Gasteiger partial charge in [0.05, 0.1) is 18.2 Å². The number of nitrogens with zero attached hydrogens (tertiary/aromatic N) is 2. The summed E-state index contributed by atoms with van der Waals surface area (Å²) in [4.78, 5) is 5.59. The van der Waals surface area contributed by atoms with Gasteiger partial charge in [0, 0.05) is 38.4 Å². The second-order valence-corrected chi connectivity index (χ2v) is 9.51. The van der Waals surface area contributed by atoms with Crippen LogP contribution in [0.3, 0.4) is 0 Å². The fourth-order valence-electron chi connectivity index (χ4n) is 3.69. The molecule has 0 saturated carbocycles. The van der Waals surface area contributed by atoms with Crippen LogP contribution >= 0.6 is 11.8 Å². The zero-order valence-corrected chi connectivity index (χ0v) is 17.7. The number of rotatable bonds is 6. The fraction of sp³-hybridized carbons (Fsp3) is 0.200. The number of aliphatic hydroxyl groups excluding tert-OH is 1. The third-order valence-corrected chi connectivity index (χ3v) is 6.16. The van der Waals surface area contributed by atoms with Crippen LogP contribution in [0.15, 0.2) is 71.9 Å². The van der Waals surface area contributed by atoms with Gasteiger partial charge in [-0.15, -0.1) is 11.8 Å². The van der Waals surface area contributed by atoms with Gasteiger partial charge in [-0.25, -0.2) is 0 Å². The minimum absolute atomic E-state index is 0.176. The summed E-state index contributed by atoms with van der Waals surface area (Å²) >= 11 is 1.71. The standard InChI is InChI=1S/C25H22N2O2S/c1-25(2,15-29-16-28)30-19-9-7-18-13-27-14-24(23(18)11-19)22-10-8-17(12-26)20-5-3-4-6-21(20)22/h3-11,13-14,28H,15-16H2,1-2H3. The number of hydrogen-bond donors (Lipinski definition) is 1. The number of aliphatic hydroxyl groups is 1. The van der Waals surface area contributed by atoms with Gasteiger partial charge < -0.3 is 9.84 Å². The third-order valence-electron chi connectivity index (χ3n) is 5.00. The van der Waals surface area contributed by atoms with Gasteiger partial charge >= 0.3 is 0 Å². The molecule has 0 aliphatic carbocycles. The Hall–Kier alpha value is -2.91. The van der Waals surface area contributed by atoms with E-state index in [2.05, 4.69) is 49.2 Å². The summed E-state index contributed by atoms with van der Waals surface area (Å²) in [5, 5.41) is 22.6. The minimum Gasteiger partial charge on any atom is -0.371 e. The maximum atomic E-state index is 9.48. The van der Waals surface area contributed by atoms with Gasteiger partial charge in [0.2, 0.25) is 0 Å². The smallest absolute Gasteiger partial charge is 0.143 e. The molecular weight excluding hydrogens is 392 g/mol. The van der Waals surface area contributed by atoms with E-state index in [1.54, 1.807) is 11.8 Å². The van der Waals surface area contributed by atoms with Crippen molar-refractivity contribution in [1.29, 1.82) is 5.26 Å². The van der Waals surface area contributed by atoms with Crippen LogP contribution in [0.1, 0.15) is 19.4 Å². The van der Waals surface area contributed by atoms with Crippen LogP contribution in [0, 0.1) is 11.3 Å². The molecule has 0 radical (unpaired) electrons. The number of thioether (sulfide) groups is 1. The van der Waals surface area contributed by atoms with Crippen molar-refractivity contribution < 1.29 is 9.84 Å². The number of hydrogen-bond acceptors (Lipinski definition) is 5. The molecule has 5 heteroatoms. The molecular formula is C25H22N2O2S. The van der Waals surface area contributed by atoms with E-state index in [1.807, 2.05) is 42.7 Å². The Morgan fingerprint density at radius 3 is 2.57 bits per heavy atom. The molecule has 3 aromatic carbocycles. The van der Waals surface area contributed by atoms with Crippen molar-refractivity contribution in [3.63, 3.8) is 0 Å². The Morgan fingerprint density at radius 1 is 1.00 bits per heavy atom. The molecule has 0 unspecified atom stereocenters. The van der Waals surface area contributed by atoms with E-state index >= 15 is 0 Å². The first-order chi connectivity index (χ1) is 14.5. The lowest BCUT2D eigenvalue weighted by Gasteiger charge is -2.23. The highest BCUT2D eigenvalue weighted by Crippen LogP contribution is 2.38. The third kappa shape index (κ3) is 4.03. The van der Waals surface area contributed by atoms with E-state index in [9.17, 15) is 5.26 Å². The molecule has 1 N–H and O–H groups in total. The van der Waals surface area contributed by atoms with Gasteiger partial charge in [-0.05, 0) is 48.4 Å². The molecule has 4 nitrogen and oxygen atoms in total. The summed E-state index contributed by atoms with van der Waals surface area (Å²) in [6.07, 6.45) is 3.77. The first-order valence-electron chi connectivity index (χ1n) is 9.70. The molecule has 150 valence electrons. The topological polar surface area (TPSA) is 66.1 Å². The van der Waals surface area contributed by atoms with E-state index in [0.717, 1.165) is 37.6 Å². The predicted molar refractivity (Wildman–Crippen MR) is 122 cm³/mol. The lowest BCUT2D eigenvalue weighted by atomic mass is 9.93. The molecule has 0 atom stereocenters. The van der Waals surface area contributed by atoms with Crippen molar-refractivity contribution in [2.75, 3.05) is 13.4 Å².